The van der Waals surface area contributed by atoms with E-state index in [9.17, 15) is 32.1 Å². The maximum atomic E-state index is 14.3. The first-order valence-corrected chi connectivity index (χ1v) is 24.1. The number of nitro groups is 1. The fourth-order valence-corrected chi connectivity index (χ4v) is 10.2. The van der Waals surface area contributed by atoms with E-state index in [4.69, 9.17) is 16.3 Å². The van der Waals surface area contributed by atoms with Gasteiger partial charge >= 0.3 is 6.61 Å². The van der Waals surface area contributed by atoms with Crippen molar-refractivity contribution in [2.75, 3.05) is 61.0 Å². The number of hydrogen-bond donors (Lipinski definition) is 3. The molecule has 2 aliphatic heterocycles. The number of pyridine rings is 1. The second-order valence-electron chi connectivity index (χ2n) is 17.9. The number of aromatic amines is 1. The lowest BCUT2D eigenvalue weighted by atomic mass is 9.72. The highest BCUT2D eigenvalue weighted by molar-refractivity contribution is 7.90. The second kappa shape index (κ2) is 19.1. The number of benzene rings is 4. The Hall–Kier alpha value is -6.76. The minimum atomic E-state index is -4.68. The van der Waals surface area contributed by atoms with Crippen LogP contribution in [0.2, 0.25) is 5.02 Å². The Bertz CT molecular complexity index is 3030. The summed E-state index contributed by atoms with van der Waals surface area (Å²) in [5, 5.41) is 16.6. The smallest absolute Gasteiger partial charge is 0.387 e. The van der Waals surface area contributed by atoms with E-state index in [2.05, 4.69) is 60.5 Å². The molecule has 3 aliphatic rings. The van der Waals surface area contributed by atoms with Crippen molar-refractivity contribution in [1.29, 1.82) is 0 Å². The van der Waals surface area contributed by atoms with Gasteiger partial charge in [-0.2, -0.15) is 13.8 Å². The minimum absolute atomic E-state index is 0.0305. The number of rotatable bonds is 14. The first kappa shape index (κ1) is 46.4. The molecule has 19 heteroatoms. The average molecular weight is 967 g/mol. The third kappa shape index (κ3) is 10.2. The van der Waals surface area contributed by atoms with Crippen molar-refractivity contribution in [2.24, 2.45) is 5.41 Å². The van der Waals surface area contributed by atoms with E-state index >= 15 is 0 Å². The fraction of sp³-hybridized carbons (Fsp3) is 0.306. The van der Waals surface area contributed by atoms with Crippen LogP contribution in [0.25, 0.3) is 16.6 Å². The van der Waals surface area contributed by atoms with Gasteiger partial charge in [-0.3, -0.25) is 19.8 Å². The zero-order valence-corrected chi connectivity index (χ0v) is 38.9. The monoisotopic (exact) mass is 966 g/mol. The Morgan fingerprint density at radius 2 is 1.78 bits per heavy atom. The molecule has 0 saturated carbocycles. The Kier molecular flexibility index (Phi) is 13.0. The number of sulfonamides is 1. The van der Waals surface area contributed by atoms with Gasteiger partial charge in [-0.1, -0.05) is 55.3 Å². The Morgan fingerprint density at radius 3 is 2.54 bits per heavy atom. The predicted molar refractivity (Wildman–Crippen MR) is 258 cm³/mol. The van der Waals surface area contributed by atoms with Crippen LogP contribution >= 0.6 is 11.6 Å². The van der Waals surface area contributed by atoms with Gasteiger partial charge in [0.15, 0.2) is 0 Å². The van der Waals surface area contributed by atoms with Crippen molar-refractivity contribution in [3.8, 4) is 11.6 Å². The SMILES string of the molecule is CC1(C)CCC(CN2CCN(c3ccc(C(=O)NS(=O)(=O)c4ccc(NCc5cccc(OC(F)F)c5)c([N+](=O)[O-])c4)c(N4CCOc5nc6[nH]ccc6cc54)c3)CC2)=C(c2ccc(Cl)cc2)C1. The molecule has 1 fully saturated rings. The Morgan fingerprint density at radius 1 is 0.985 bits per heavy atom. The molecule has 0 atom stereocenters. The largest absolute Gasteiger partial charge is 0.474 e. The highest BCUT2D eigenvalue weighted by atomic mass is 35.5. The predicted octanol–water partition coefficient (Wildman–Crippen LogP) is 9.77. The van der Waals surface area contributed by atoms with Crippen LogP contribution in [-0.4, -0.2) is 86.6 Å². The molecule has 1 saturated heterocycles. The Balaban J connectivity index is 0.968. The molecule has 1 aliphatic carbocycles. The number of alkyl halides is 2. The van der Waals surface area contributed by atoms with E-state index in [0.717, 1.165) is 62.1 Å². The zero-order chi connectivity index (χ0) is 47.7. The molecule has 4 aromatic carbocycles. The van der Waals surface area contributed by atoms with Crippen molar-refractivity contribution < 1.29 is 36.4 Å². The first-order chi connectivity index (χ1) is 32.6. The fourth-order valence-electron chi connectivity index (χ4n) is 9.13. The lowest BCUT2D eigenvalue weighted by Gasteiger charge is -2.39. The molecular weight excluding hydrogens is 918 g/mol. The number of fused-ring (bicyclic) bond motifs is 2. The van der Waals surface area contributed by atoms with Crippen LogP contribution in [-0.2, 0) is 16.6 Å². The number of carbonyl (C=O) groups excluding carboxylic acids is 1. The summed E-state index contributed by atoms with van der Waals surface area (Å²) in [6, 6.07) is 26.2. The van der Waals surface area contributed by atoms with E-state index in [0.29, 0.717) is 53.1 Å². The number of amides is 1. The van der Waals surface area contributed by atoms with Crippen molar-refractivity contribution in [2.45, 2.75) is 51.2 Å². The number of aromatic nitrogens is 2. The molecule has 0 spiro atoms. The van der Waals surface area contributed by atoms with Crippen molar-refractivity contribution >= 4 is 72.6 Å². The van der Waals surface area contributed by atoms with Crippen molar-refractivity contribution in [3.05, 3.63) is 141 Å². The second-order valence-corrected chi connectivity index (χ2v) is 20.0. The summed E-state index contributed by atoms with van der Waals surface area (Å²) in [6.45, 7) is 6.03. The molecule has 354 valence electrons. The number of allylic oxidation sites excluding steroid dienone is 1. The molecule has 9 rings (SSSR count). The maximum Gasteiger partial charge on any atom is 0.387 e. The van der Waals surface area contributed by atoms with Gasteiger partial charge in [-0.05, 0) is 108 Å². The van der Waals surface area contributed by atoms with Gasteiger partial charge in [0.2, 0.25) is 5.88 Å². The van der Waals surface area contributed by atoms with Crippen molar-refractivity contribution in [1.82, 2.24) is 19.6 Å². The van der Waals surface area contributed by atoms with Gasteiger partial charge in [-0.25, -0.2) is 13.1 Å². The van der Waals surface area contributed by atoms with Crippen LogP contribution in [0.4, 0.5) is 37.2 Å². The van der Waals surface area contributed by atoms with Crippen LogP contribution in [0.3, 0.4) is 0 Å². The Labute approximate surface area is 396 Å². The lowest BCUT2D eigenvalue weighted by Crippen LogP contribution is -2.47. The van der Waals surface area contributed by atoms with Gasteiger partial charge in [0.1, 0.15) is 29.4 Å². The molecule has 1 amide bonds. The van der Waals surface area contributed by atoms with E-state index in [1.54, 1.807) is 24.4 Å². The van der Waals surface area contributed by atoms with Gasteiger partial charge in [0.05, 0.1) is 27.6 Å². The molecule has 3 N–H and O–H groups in total. The van der Waals surface area contributed by atoms with Gasteiger partial charge in [0.25, 0.3) is 21.6 Å². The van der Waals surface area contributed by atoms with Gasteiger partial charge < -0.3 is 29.6 Å². The van der Waals surface area contributed by atoms with Crippen LogP contribution < -0.4 is 29.3 Å². The summed E-state index contributed by atoms with van der Waals surface area (Å²) < 4.78 is 66.0. The van der Waals surface area contributed by atoms with Crippen molar-refractivity contribution in [3.63, 3.8) is 0 Å². The lowest BCUT2D eigenvalue weighted by molar-refractivity contribution is -0.384. The standard InChI is InChI=1S/C49H49ClF2N8O7S/c1-49(2)16-14-34(40(28-49)32-6-8-35(50)9-7-32)30-57-18-20-58(21-19-57)36-10-12-39(42(26-36)59-22-23-66-47-44(59)25-33-15-17-53-45(33)55-47)46(61)56-68(64,65)38-11-13-41(43(27-38)60(62)63)54-29-31-4-3-5-37(24-31)67-48(51)52/h3-13,15,17,24-27,48,54H,14,16,18-23,28-30H2,1-2H3,(H,53,55)(H,56,61). The number of hydrogen-bond acceptors (Lipinski definition) is 12. The molecule has 4 heterocycles. The van der Waals surface area contributed by atoms with Gasteiger partial charge in [-0.15, -0.1) is 0 Å². The number of nitrogens with zero attached hydrogens (tertiary/aromatic N) is 5. The summed E-state index contributed by atoms with van der Waals surface area (Å²) in [5.41, 5.74) is 6.65. The van der Waals surface area contributed by atoms with Crippen LogP contribution in [0, 0.1) is 15.5 Å². The molecule has 6 aromatic rings. The summed E-state index contributed by atoms with van der Waals surface area (Å²) in [4.78, 5) is 39.7. The highest BCUT2D eigenvalue weighted by Gasteiger charge is 2.32. The summed E-state index contributed by atoms with van der Waals surface area (Å²) in [6.07, 6.45) is 4.91. The summed E-state index contributed by atoms with van der Waals surface area (Å²) in [5.74, 6) is -0.694. The third-order valence-electron chi connectivity index (χ3n) is 12.7. The van der Waals surface area contributed by atoms with Crippen LogP contribution in [0.1, 0.15) is 54.6 Å². The first-order valence-electron chi connectivity index (χ1n) is 22.2. The number of carbonyl (C=O) groups is 1. The number of nitrogens with one attached hydrogen (secondary N) is 3. The molecular formula is C49H49ClF2N8O7S. The van der Waals surface area contributed by atoms with E-state index in [1.807, 2.05) is 35.2 Å². The number of ether oxygens (including phenoxy) is 2. The number of halogens is 3. The molecule has 0 unspecified atom stereocenters. The quantitative estimate of drug-likeness (QED) is 0.0697. The number of nitro benzene ring substituents is 1. The van der Waals surface area contributed by atoms with E-state index < -0.39 is 38.0 Å². The molecule has 15 nitrogen and oxygen atoms in total. The summed E-state index contributed by atoms with van der Waals surface area (Å²) in [7, 11) is -4.68. The van der Waals surface area contributed by atoms with Gasteiger partial charge in [0, 0.05) is 67.6 Å². The molecule has 2 aromatic heterocycles. The normalized spacial score (nSPS) is 16.4. The molecule has 0 radical (unpaired) electrons. The van der Waals surface area contributed by atoms with E-state index in [-0.39, 0.29) is 35.6 Å². The molecule has 68 heavy (non-hydrogen) atoms. The third-order valence-corrected chi connectivity index (χ3v) is 14.3. The summed E-state index contributed by atoms with van der Waals surface area (Å²) >= 11 is 6.26. The zero-order valence-electron chi connectivity index (χ0n) is 37.3. The minimum Gasteiger partial charge on any atom is -0.474 e. The number of anilines is 4. The number of piperazine rings is 1. The maximum absolute atomic E-state index is 14.3. The van der Waals surface area contributed by atoms with Crippen LogP contribution in [0.15, 0.2) is 114 Å². The molecule has 0 bridgehead atoms. The van der Waals surface area contributed by atoms with Crippen LogP contribution in [0.5, 0.6) is 11.6 Å². The van der Waals surface area contributed by atoms with E-state index in [1.165, 1.54) is 41.0 Å². The average Bonchev–Trinajstić information content (AvgIpc) is 3.78. The number of H-pyrrole nitrogens is 1. The topological polar surface area (TPSA) is 175 Å². The highest BCUT2D eigenvalue weighted by Crippen LogP contribution is 2.44.